The maximum absolute atomic E-state index is 12.4. The lowest BCUT2D eigenvalue weighted by Gasteiger charge is -2.12. The molecule has 138 valence electrons. The normalized spacial score (nSPS) is 10.7. The van der Waals surface area contributed by atoms with Crippen LogP contribution in [0.1, 0.15) is 11.1 Å². The zero-order valence-corrected chi connectivity index (χ0v) is 15.8. The first-order valence-electron chi connectivity index (χ1n) is 8.10. The standard InChI is InChI=1S/C21H19ClN2O3/c1-4-9-27-20-17(22)11-15(12-19(20)26-3)10-16(13-23)21(25)24-18-8-6-5-7-14(18)2/h4-8,10-12H,1,9H2,2-3H3,(H,24,25)/b16-10-. The van der Waals surface area contributed by atoms with E-state index in [0.717, 1.165) is 5.56 Å². The predicted octanol–water partition coefficient (Wildman–Crippen LogP) is 4.77. The zero-order chi connectivity index (χ0) is 19.8. The Kier molecular flexibility index (Phi) is 7.04. The molecule has 0 aliphatic rings. The Morgan fingerprint density at radius 2 is 2.11 bits per heavy atom. The molecule has 0 unspecified atom stereocenters. The number of nitriles is 1. The summed E-state index contributed by atoms with van der Waals surface area (Å²) in [6.45, 7) is 5.73. The Morgan fingerprint density at radius 3 is 2.74 bits per heavy atom. The second kappa shape index (κ2) is 9.46. The summed E-state index contributed by atoms with van der Waals surface area (Å²) in [5.74, 6) is 0.264. The Labute approximate surface area is 163 Å². The topological polar surface area (TPSA) is 71.3 Å². The minimum Gasteiger partial charge on any atom is -0.493 e. The van der Waals surface area contributed by atoms with Gasteiger partial charge in [0.25, 0.3) is 5.91 Å². The molecule has 0 spiro atoms. The summed E-state index contributed by atoms with van der Waals surface area (Å²) < 4.78 is 10.8. The first-order valence-corrected chi connectivity index (χ1v) is 8.48. The highest BCUT2D eigenvalue weighted by atomic mass is 35.5. The molecule has 0 saturated heterocycles. The van der Waals surface area contributed by atoms with Crippen LogP contribution >= 0.6 is 11.6 Å². The smallest absolute Gasteiger partial charge is 0.266 e. The maximum atomic E-state index is 12.4. The molecule has 0 saturated carbocycles. The van der Waals surface area contributed by atoms with Crippen molar-refractivity contribution in [2.45, 2.75) is 6.92 Å². The van der Waals surface area contributed by atoms with E-state index < -0.39 is 5.91 Å². The first kappa shape index (κ1) is 20.1. The molecule has 0 aliphatic heterocycles. The Hall–Kier alpha value is -3.23. The molecule has 0 radical (unpaired) electrons. The Bertz CT molecular complexity index is 930. The van der Waals surface area contributed by atoms with E-state index >= 15 is 0 Å². The number of methoxy groups -OCH3 is 1. The largest absolute Gasteiger partial charge is 0.493 e. The number of aryl methyl sites for hydroxylation is 1. The van der Waals surface area contributed by atoms with Crippen LogP contribution in [0.15, 0.2) is 54.6 Å². The summed E-state index contributed by atoms with van der Waals surface area (Å²) in [6.07, 6.45) is 3.03. The first-order chi connectivity index (χ1) is 13.0. The molecular formula is C21H19ClN2O3. The molecule has 0 aliphatic carbocycles. The van der Waals surface area contributed by atoms with Gasteiger partial charge < -0.3 is 14.8 Å². The van der Waals surface area contributed by atoms with E-state index in [1.54, 1.807) is 24.3 Å². The fourth-order valence-electron chi connectivity index (χ4n) is 2.32. The third-order valence-corrected chi connectivity index (χ3v) is 3.95. The monoisotopic (exact) mass is 382 g/mol. The highest BCUT2D eigenvalue weighted by molar-refractivity contribution is 6.32. The molecule has 0 bridgehead atoms. The molecule has 5 nitrogen and oxygen atoms in total. The molecule has 1 N–H and O–H groups in total. The second-order valence-corrected chi connectivity index (χ2v) is 5.98. The zero-order valence-electron chi connectivity index (χ0n) is 15.1. The van der Waals surface area contributed by atoms with Crippen molar-refractivity contribution in [1.29, 1.82) is 5.26 Å². The van der Waals surface area contributed by atoms with Crippen LogP contribution in [0.25, 0.3) is 6.08 Å². The second-order valence-electron chi connectivity index (χ2n) is 5.57. The molecule has 2 aromatic carbocycles. The summed E-state index contributed by atoms with van der Waals surface area (Å²) in [4.78, 5) is 12.4. The lowest BCUT2D eigenvalue weighted by Crippen LogP contribution is -2.14. The van der Waals surface area contributed by atoms with Crippen LogP contribution in [-0.4, -0.2) is 19.6 Å². The third kappa shape index (κ3) is 5.13. The number of hydrogen-bond donors (Lipinski definition) is 1. The van der Waals surface area contributed by atoms with E-state index in [1.165, 1.54) is 13.2 Å². The van der Waals surface area contributed by atoms with Crippen molar-refractivity contribution in [2.24, 2.45) is 0 Å². The van der Waals surface area contributed by atoms with Crippen molar-refractivity contribution in [3.63, 3.8) is 0 Å². The van der Waals surface area contributed by atoms with E-state index in [4.69, 9.17) is 21.1 Å². The number of nitrogens with one attached hydrogen (secondary N) is 1. The molecule has 6 heteroatoms. The van der Waals surface area contributed by atoms with Crippen LogP contribution in [0.5, 0.6) is 11.5 Å². The van der Waals surface area contributed by atoms with Gasteiger partial charge in [0, 0.05) is 5.69 Å². The highest BCUT2D eigenvalue weighted by Gasteiger charge is 2.14. The molecule has 27 heavy (non-hydrogen) atoms. The predicted molar refractivity (Wildman–Crippen MR) is 107 cm³/mol. The van der Waals surface area contributed by atoms with Gasteiger partial charge in [-0.05, 0) is 42.3 Å². The van der Waals surface area contributed by atoms with Crippen LogP contribution in [0.4, 0.5) is 5.69 Å². The summed E-state index contributed by atoms with van der Waals surface area (Å²) >= 11 is 6.25. The third-order valence-electron chi connectivity index (χ3n) is 3.67. The lowest BCUT2D eigenvalue weighted by molar-refractivity contribution is -0.112. The number of amides is 1. The highest BCUT2D eigenvalue weighted by Crippen LogP contribution is 2.37. The van der Waals surface area contributed by atoms with Crippen LogP contribution in [-0.2, 0) is 4.79 Å². The van der Waals surface area contributed by atoms with Gasteiger partial charge in [0.15, 0.2) is 11.5 Å². The number of carbonyl (C=O) groups is 1. The SMILES string of the molecule is C=CCOc1c(Cl)cc(/C=C(/C#N)C(=O)Nc2ccccc2C)cc1OC. The summed E-state index contributed by atoms with van der Waals surface area (Å²) in [5, 5.41) is 12.4. The van der Waals surface area contributed by atoms with Gasteiger partial charge in [-0.3, -0.25) is 4.79 Å². The van der Waals surface area contributed by atoms with Crippen LogP contribution < -0.4 is 14.8 Å². The number of anilines is 1. The number of rotatable bonds is 7. The average Bonchev–Trinajstić information content (AvgIpc) is 2.66. The fourth-order valence-corrected chi connectivity index (χ4v) is 2.60. The van der Waals surface area contributed by atoms with Crippen molar-refractivity contribution < 1.29 is 14.3 Å². The minimum absolute atomic E-state index is 0.0591. The number of ether oxygens (including phenoxy) is 2. The van der Waals surface area contributed by atoms with Gasteiger partial charge in [-0.25, -0.2) is 0 Å². The number of halogens is 1. The van der Waals surface area contributed by atoms with Gasteiger partial charge in [0.05, 0.1) is 12.1 Å². The van der Waals surface area contributed by atoms with Crippen LogP contribution in [0, 0.1) is 18.3 Å². The molecule has 2 rings (SSSR count). The van der Waals surface area contributed by atoms with Gasteiger partial charge >= 0.3 is 0 Å². The van der Waals surface area contributed by atoms with E-state index in [-0.39, 0.29) is 12.2 Å². The van der Waals surface area contributed by atoms with Crippen molar-refractivity contribution in [3.8, 4) is 17.6 Å². The van der Waals surface area contributed by atoms with Gasteiger partial charge in [0.2, 0.25) is 0 Å². The van der Waals surface area contributed by atoms with Crippen LogP contribution in [0.2, 0.25) is 5.02 Å². The van der Waals surface area contributed by atoms with Crippen LogP contribution in [0.3, 0.4) is 0 Å². The van der Waals surface area contributed by atoms with Gasteiger partial charge in [-0.1, -0.05) is 42.5 Å². The molecule has 0 atom stereocenters. The molecular weight excluding hydrogens is 364 g/mol. The average molecular weight is 383 g/mol. The van der Waals surface area contributed by atoms with Gasteiger partial charge in [0.1, 0.15) is 18.2 Å². The minimum atomic E-state index is -0.506. The summed E-state index contributed by atoms with van der Waals surface area (Å²) in [5.41, 5.74) is 2.03. The molecule has 0 heterocycles. The van der Waals surface area contributed by atoms with E-state index in [2.05, 4.69) is 11.9 Å². The van der Waals surface area contributed by atoms with Crippen molar-refractivity contribution in [2.75, 3.05) is 19.0 Å². The number of hydrogen-bond acceptors (Lipinski definition) is 4. The Morgan fingerprint density at radius 1 is 1.37 bits per heavy atom. The number of nitrogens with zero attached hydrogens (tertiary/aromatic N) is 1. The van der Waals surface area contributed by atoms with Gasteiger partial charge in [-0.15, -0.1) is 0 Å². The lowest BCUT2D eigenvalue weighted by atomic mass is 10.1. The summed E-state index contributed by atoms with van der Waals surface area (Å²) in [6, 6.07) is 12.5. The number of carbonyl (C=O) groups excluding carboxylic acids is 1. The molecule has 2 aromatic rings. The maximum Gasteiger partial charge on any atom is 0.266 e. The van der Waals surface area contributed by atoms with Crippen molar-refractivity contribution >= 4 is 29.3 Å². The number of para-hydroxylation sites is 1. The Balaban J connectivity index is 2.33. The summed E-state index contributed by atoms with van der Waals surface area (Å²) in [7, 11) is 1.48. The molecule has 0 aromatic heterocycles. The molecule has 0 fully saturated rings. The van der Waals surface area contributed by atoms with Crippen molar-refractivity contribution in [1.82, 2.24) is 0 Å². The van der Waals surface area contributed by atoms with Crippen molar-refractivity contribution in [3.05, 3.63) is 70.8 Å². The van der Waals surface area contributed by atoms with E-state index in [9.17, 15) is 10.1 Å². The fraction of sp³-hybridized carbons (Fsp3) is 0.143. The van der Waals surface area contributed by atoms with E-state index in [0.29, 0.717) is 27.8 Å². The van der Waals surface area contributed by atoms with E-state index in [1.807, 2.05) is 31.2 Å². The number of benzene rings is 2. The van der Waals surface area contributed by atoms with Gasteiger partial charge in [-0.2, -0.15) is 5.26 Å². The quantitative estimate of drug-likeness (QED) is 0.425. The molecule has 1 amide bonds.